The lowest BCUT2D eigenvalue weighted by Gasteiger charge is -2.52. The molecule has 1 saturated heterocycles. The third-order valence-corrected chi connectivity index (χ3v) is 14.5. The number of aromatic nitrogens is 2. The first-order valence-corrected chi connectivity index (χ1v) is 24.0. The maximum absolute atomic E-state index is 13.6. The summed E-state index contributed by atoms with van der Waals surface area (Å²) in [6, 6.07) is 8.39. The van der Waals surface area contributed by atoms with Gasteiger partial charge in [-0.25, -0.2) is 10.1 Å². The number of aliphatic hydroxyl groups is 1. The standard InChI is InChI=1S/C45H76N4O3S/c46-53(51,52)49-36-29-25-23-21-19-17-15-13-11-9-7-5-3-1-2-4-6-8-10-12-14-16-18-20-22-24-28-34-45(49)35-30-33-41(44(45)50)43-40-32-27-26-31-39(40)42-37-47-38-48(42)43/h26-27,31-32,37-38,41,43-44,50H,1-25,28-30,33-36H2,(H2,46,51,52)/t41-,43-,44-,45?/m0/s1. The van der Waals surface area contributed by atoms with Gasteiger partial charge < -0.3 is 9.67 Å². The van der Waals surface area contributed by atoms with Gasteiger partial charge in [-0.1, -0.05) is 198 Å². The van der Waals surface area contributed by atoms with Crippen molar-refractivity contribution < 1.29 is 13.5 Å². The van der Waals surface area contributed by atoms with Gasteiger partial charge in [0.25, 0.3) is 10.2 Å². The first-order chi connectivity index (χ1) is 25.9. The molecule has 2 aromatic rings. The fraction of sp³-hybridized carbons (Fsp3) is 0.800. The molecule has 0 bridgehead atoms. The summed E-state index contributed by atoms with van der Waals surface area (Å²) < 4.78 is 31.0. The van der Waals surface area contributed by atoms with Crippen molar-refractivity contribution in [2.24, 2.45) is 11.1 Å². The van der Waals surface area contributed by atoms with E-state index in [-0.39, 0.29) is 12.0 Å². The van der Waals surface area contributed by atoms with Gasteiger partial charge in [-0.3, -0.25) is 0 Å². The highest BCUT2D eigenvalue weighted by molar-refractivity contribution is 7.86. The summed E-state index contributed by atoms with van der Waals surface area (Å²) in [6.45, 7) is 0.389. The second kappa shape index (κ2) is 22.7. The molecule has 0 radical (unpaired) electrons. The van der Waals surface area contributed by atoms with Crippen LogP contribution in [0.3, 0.4) is 0 Å². The smallest absolute Gasteiger partial charge is 0.277 e. The van der Waals surface area contributed by atoms with Crippen LogP contribution >= 0.6 is 0 Å². The molecule has 1 aromatic heterocycles. The van der Waals surface area contributed by atoms with E-state index in [0.29, 0.717) is 19.4 Å². The molecule has 1 spiro atoms. The van der Waals surface area contributed by atoms with E-state index in [4.69, 9.17) is 5.14 Å². The van der Waals surface area contributed by atoms with Gasteiger partial charge in [0.2, 0.25) is 0 Å². The van der Waals surface area contributed by atoms with E-state index in [9.17, 15) is 13.5 Å². The Labute approximate surface area is 324 Å². The molecule has 2 aliphatic heterocycles. The van der Waals surface area contributed by atoms with Crippen LogP contribution in [0.5, 0.6) is 0 Å². The Balaban J connectivity index is 1.23. The summed E-state index contributed by atoms with van der Waals surface area (Å²) in [5, 5.41) is 18.8. The van der Waals surface area contributed by atoms with Crippen molar-refractivity contribution in [2.75, 3.05) is 6.54 Å². The Morgan fingerprint density at radius 2 is 1.06 bits per heavy atom. The van der Waals surface area contributed by atoms with E-state index in [2.05, 4.69) is 33.8 Å². The predicted molar refractivity (Wildman–Crippen MR) is 221 cm³/mol. The quantitative estimate of drug-likeness (QED) is 0.319. The van der Waals surface area contributed by atoms with Crippen molar-refractivity contribution in [1.82, 2.24) is 13.9 Å². The SMILES string of the molecule is NS(=O)(=O)N1CCCCCCCCCCCCCCCCCCCCCCCCCCCCCC12CCC[C@@H]([C@@H]1c3ccccc3-c3cncn31)[C@@H]2O. The van der Waals surface area contributed by atoms with Gasteiger partial charge in [0.15, 0.2) is 0 Å². The van der Waals surface area contributed by atoms with Crippen molar-refractivity contribution in [2.45, 2.75) is 217 Å². The van der Waals surface area contributed by atoms with Crippen LogP contribution in [-0.4, -0.2) is 45.6 Å². The lowest BCUT2D eigenvalue weighted by molar-refractivity contribution is -0.0731. The molecule has 1 unspecified atom stereocenters. The summed E-state index contributed by atoms with van der Waals surface area (Å²) >= 11 is 0. The minimum atomic E-state index is -4.04. The highest BCUT2D eigenvalue weighted by Crippen LogP contribution is 2.51. The average molecular weight is 753 g/mol. The van der Waals surface area contributed by atoms with E-state index in [1.54, 1.807) is 4.31 Å². The highest BCUT2D eigenvalue weighted by atomic mass is 32.2. The molecule has 1 aliphatic carbocycles. The Kier molecular flexibility index (Phi) is 18.2. The van der Waals surface area contributed by atoms with Gasteiger partial charge in [-0.15, -0.1) is 0 Å². The average Bonchev–Trinajstić information content (AvgIpc) is 3.74. The molecule has 7 nitrogen and oxygen atoms in total. The molecule has 1 saturated carbocycles. The number of fused-ring (bicyclic) bond motifs is 3. The van der Waals surface area contributed by atoms with Crippen LogP contribution in [0.15, 0.2) is 36.8 Å². The number of hydrogen-bond acceptors (Lipinski definition) is 4. The van der Waals surface area contributed by atoms with E-state index in [1.165, 1.54) is 147 Å². The summed E-state index contributed by atoms with van der Waals surface area (Å²) in [5.41, 5.74) is 2.55. The molecule has 3 aliphatic rings. The van der Waals surface area contributed by atoms with Crippen LogP contribution < -0.4 is 5.14 Å². The van der Waals surface area contributed by atoms with E-state index in [1.807, 2.05) is 12.5 Å². The fourth-order valence-electron chi connectivity index (χ4n) is 10.4. The number of nitrogens with two attached hydrogens (primary N) is 1. The second-order valence-electron chi connectivity index (χ2n) is 17.2. The molecule has 3 N–H and O–H groups in total. The van der Waals surface area contributed by atoms with Crippen molar-refractivity contribution in [3.63, 3.8) is 0 Å². The van der Waals surface area contributed by atoms with Crippen LogP contribution in [-0.2, 0) is 10.2 Å². The number of aliphatic hydroxyl groups excluding tert-OH is 1. The fourth-order valence-corrected chi connectivity index (χ4v) is 11.5. The van der Waals surface area contributed by atoms with Gasteiger partial charge in [-0.2, -0.15) is 12.7 Å². The van der Waals surface area contributed by atoms with Crippen LogP contribution in [0.2, 0.25) is 0 Å². The van der Waals surface area contributed by atoms with Crippen molar-refractivity contribution in [1.29, 1.82) is 0 Å². The molecular formula is C45H76N4O3S. The molecule has 53 heavy (non-hydrogen) atoms. The van der Waals surface area contributed by atoms with Gasteiger partial charge in [0.05, 0.1) is 35.9 Å². The van der Waals surface area contributed by atoms with Crippen molar-refractivity contribution >= 4 is 10.2 Å². The number of hydrogen-bond donors (Lipinski definition) is 2. The van der Waals surface area contributed by atoms with E-state index in [0.717, 1.165) is 56.2 Å². The van der Waals surface area contributed by atoms with Gasteiger partial charge >= 0.3 is 0 Å². The van der Waals surface area contributed by atoms with E-state index >= 15 is 0 Å². The Bertz CT molecular complexity index is 1410. The minimum Gasteiger partial charge on any atom is -0.391 e. The first kappa shape index (κ1) is 42.4. The number of rotatable bonds is 2. The van der Waals surface area contributed by atoms with E-state index < -0.39 is 21.9 Å². The maximum atomic E-state index is 13.6. The zero-order valence-corrected chi connectivity index (χ0v) is 34.2. The lowest BCUT2D eigenvalue weighted by Crippen LogP contribution is -2.64. The molecule has 1 aromatic carbocycles. The maximum Gasteiger partial charge on any atom is 0.277 e. The Hall–Kier alpha value is -1.74. The van der Waals surface area contributed by atoms with Crippen LogP contribution in [0, 0.1) is 5.92 Å². The molecule has 5 rings (SSSR count). The summed E-state index contributed by atoms with van der Waals surface area (Å²) in [5.74, 6) is -0.128. The zero-order chi connectivity index (χ0) is 37.2. The number of imidazole rings is 1. The van der Waals surface area contributed by atoms with Gasteiger partial charge in [-0.05, 0) is 31.2 Å². The molecular weight excluding hydrogens is 677 g/mol. The number of benzene rings is 1. The predicted octanol–water partition coefficient (Wildman–Crippen LogP) is 11.8. The van der Waals surface area contributed by atoms with Gasteiger partial charge in [0, 0.05) is 18.0 Å². The van der Waals surface area contributed by atoms with Crippen LogP contribution in [0.1, 0.15) is 211 Å². The Morgan fingerprint density at radius 1 is 0.623 bits per heavy atom. The molecule has 300 valence electrons. The third kappa shape index (κ3) is 12.4. The first-order valence-electron chi connectivity index (χ1n) is 22.5. The molecule has 4 atom stereocenters. The lowest BCUT2D eigenvalue weighted by atomic mass is 9.67. The molecule has 0 amide bonds. The molecule has 3 heterocycles. The van der Waals surface area contributed by atoms with Crippen LogP contribution in [0.4, 0.5) is 0 Å². The highest BCUT2D eigenvalue weighted by Gasteiger charge is 2.54. The summed E-state index contributed by atoms with van der Waals surface area (Å²) in [7, 11) is -4.04. The largest absolute Gasteiger partial charge is 0.391 e. The van der Waals surface area contributed by atoms with Crippen molar-refractivity contribution in [3.05, 3.63) is 42.4 Å². The third-order valence-electron chi connectivity index (χ3n) is 13.3. The molecule has 2 fully saturated rings. The number of nitrogens with zero attached hydrogens (tertiary/aromatic N) is 3. The zero-order valence-electron chi connectivity index (χ0n) is 33.4. The van der Waals surface area contributed by atoms with Crippen molar-refractivity contribution in [3.8, 4) is 11.3 Å². The van der Waals surface area contributed by atoms with Gasteiger partial charge in [0.1, 0.15) is 0 Å². The normalized spacial score (nSPS) is 28.8. The van der Waals surface area contributed by atoms with Crippen LogP contribution in [0.25, 0.3) is 11.3 Å². The monoisotopic (exact) mass is 753 g/mol. The molecule has 8 heteroatoms. The second-order valence-corrected chi connectivity index (χ2v) is 18.7. The minimum absolute atomic E-state index is 0.0676. The Morgan fingerprint density at radius 3 is 1.55 bits per heavy atom. The topological polar surface area (TPSA) is 101 Å². The summed E-state index contributed by atoms with van der Waals surface area (Å²) in [4.78, 5) is 4.49. The summed E-state index contributed by atoms with van der Waals surface area (Å²) in [6.07, 6.45) is 40.7.